The molecule has 0 aromatic heterocycles. The highest BCUT2D eigenvalue weighted by molar-refractivity contribution is 6.23. The molecule has 40 heavy (non-hydrogen) atoms. The maximum Gasteiger partial charge on any atom is 0.161 e. The summed E-state index contributed by atoms with van der Waals surface area (Å²) in [5, 5.41) is 4.40. The van der Waals surface area contributed by atoms with Crippen LogP contribution in [0, 0.1) is 41.5 Å². The number of methoxy groups -OCH3 is 4. The molecule has 206 valence electrons. The Morgan fingerprint density at radius 2 is 0.550 bits per heavy atom. The molecule has 0 fully saturated rings. The van der Waals surface area contributed by atoms with Crippen molar-refractivity contribution in [2.24, 2.45) is 0 Å². The SMILES string of the molecule is COc1cc2c(-c3c(C)cc(C)cc3C)c3cc(OC)c(OC)cc3c(-c3c(C)cc(C)cc3C)c2cc1OC. The molecule has 5 aromatic rings. The smallest absolute Gasteiger partial charge is 0.161 e. The van der Waals surface area contributed by atoms with Gasteiger partial charge in [0.25, 0.3) is 0 Å². The highest BCUT2D eigenvalue weighted by atomic mass is 16.5. The third kappa shape index (κ3) is 4.32. The zero-order valence-corrected chi connectivity index (χ0v) is 25.3. The van der Waals surface area contributed by atoms with Crippen LogP contribution in [0.5, 0.6) is 23.0 Å². The second-order valence-corrected chi connectivity index (χ2v) is 10.8. The zero-order chi connectivity index (χ0) is 28.9. The molecule has 0 atom stereocenters. The molecule has 5 aromatic carbocycles. The standard InChI is InChI=1S/C36H38O4/c1-19-11-21(3)33(22(4)12-19)35-25-15-29(37-7)31(39-9)17-27(25)36(34-23(5)13-20(2)14-24(34)6)28-18-32(40-10)30(38-8)16-26(28)35/h11-18H,1-10H3. The fraction of sp³-hybridized carbons (Fsp3) is 0.278. The summed E-state index contributed by atoms with van der Waals surface area (Å²) in [5.41, 5.74) is 12.1. The largest absolute Gasteiger partial charge is 0.493 e. The van der Waals surface area contributed by atoms with Crippen molar-refractivity contribution in [3.05, 3.63) is 81.9 Å². The van der Waals surface area contributed by atoms with E-state index in [-0.39, 0.29) is 0 Å². The van der Waals surface area contributed by atoms with Gasteiger partial charge in [0.15, 0.2) is 23.0 Å². The van der Waals surface area contributed by atoms with Gasteiger partial charge >= 0.3 is 0 Å². The predicted octanol–water partition coefficient (Wildman–Crippen LogP) is 9.21. The third-order valence-electron chi connectivity index (χ3n) is 7.98. The van der Waals surface area contributed by atoms with E-state index < -0.39 is 0 Å². The van der Waals surface area contributed by atoms with Crippen molar-refractivity contribution in [2.45, 2.75) is 41.5 Å². The fourth-order valence-electron chi connectivity index (χ4n) is 6.56. The zero-order valence-electron chi connectivity index (χ0n) is 25.3. The van der Waals surface area contributed by atoms with Crippen LogP contribution in [0.3, 0.4) is 0 Å². The van der Waals surface area contributed by atoms with Crippen LogP contribution in [-0.4, -0.2) is 28.4 Å². The van der Waals surface area contributed by atoms with E-state index in [1.807, 2.05) is 0 Å². The molecule has 5 rings (SSSR count). The Hall–Kier alpha value is -4.18. The number of fused-ring (bicyclic) bond motifs is 2. The lowest BCUT2D eigenvalue weighted by Gasteiger charge is -2.24. The van der Waals surface area contributed by atoms with Crippen LogP contribution in [0.2, 0.25) is 0 Å². The molecule has 0 aliphatic carbocycles. The summed E-state index contributed by atoms with van der Waals surface area (Å²) in [6.45, 7) is 13.1. The van der Waals surface area contributed by atoms with Gasteiger partial charge in [0, 0.05) is 0 Å². The second kappa shape index (κ2) is 10.4. The Labute approximate surface area is 237 Å². The van der Waals surface area contributed by atoms with Gasteiger partial charge in [-0.3, -0.25) is 0 Å². The van der Waals surface area contributed by atoms with Crippen LogP contribution in [0.25, 0.3) is 43.8 Å². The molecule has 4 nitrogen and oxygen atoms in total. The van der Waals surface area contributed by atoms with Crippen LogP contribution < -0.4 is 18.9 Å². The minimum atomic E-state index is 0.696. The molecule has 0 unspecified atom stereocenters. The number of benzene rings is 5. The predicted molar refractivity (Wildman–Crippen MR) is 167 cm³/mol. The van der Waals surface area contributed by atoms with Gasteiger partial charge in [-0.2, -0.15) is 0 Å². The topological polar surface area (TPSA) is 36.9 Å². The summed E-state index contributed by atoms with van der Waals surface area (Å²) in [6, 6.07) is 17.5. The first-order valence-electron chi connectivity index (χ1n) is 13.6. The van der Waals surface area contributed by atoms with Crippen LogP contribution in [0.15, 0.2) is 48.5 Å². The average Bonchev–Trinajstić information content (AvgIpc) is 2.91. The first-order valence-corrected chi connectivity index (χ1v) is 13.6. The molecule has 0 spiro atoms. The van der Waals surface area contributed by atoms with Crippen LogP contribution in [0.1, 0.15) is 33.4 Å². The van der Waals surface area contributed by atoms with E-state index in [4.69, 9.17) is 18.9 Å². The lowest BCUT2D eigenvalue weighted by atomic mass is 9.81. The Bertz CT molecular complexity index is 1550. The van der Waals surface area contributed by atoms with Crippen LogP contribution >= 0.6 is 0 Å². The van der Waals surface area contributed by atoms with E-state index in [1.165, 1.54) is 44.5 Å². The molecule has 0 saturated carbocycles. The van der Waals surface area contributed by atoms with Crippen LogP contribution in [-0.2, 0) is 0 Å². The van der Waals surface area contributed by atoms with Crippen molar-refractivity contribution in [1.82, 2.24) is 0 Å². The minimum Gasteiger partial charge on any atom is -0.493 e. The number of hydrogen-bond donors (Lipinski definition) is 0. The van der Waals surface area contributed by atoms with Crippen molar-refractivity contribution in [1.29, 1.82) is 0 Å². The van der Waals surface area contributed by atoms with Gasteiger partial charge in [0.05, 0.1) is 28.4 Å². The lowest BCUT2D eigenvalue weighted by Crippen LogP contribution is -2.00. The van der Waals surface area contributed by atoms with Crippen LogP contribution in [0.4, 0.5) is 0 Å². The Balaban J connectivity index is 2.15. The lowest BCUT2D eigenvalue weighted by molar-refractivity contribution is 0.355. The summed E-state index contributed by atoms with van der Waals surface area (Å²) in [5.74, 6) is 2.78. The number of aryl methyl sites for hydroxylation is 6. The molecule has 0 aliphatic heterocycles. The van der Waals surface area contributed by atoms with Gasteiger partial charge < -0.3 is 18.9 Å². The van der Waals surface area contributed by atoms with Crippen molar-refractivity contribution in [3.63, 3.8) is 0 Å². The van der Waals surface area contributed by atoms with Gasteiger partial charge in [0.2, 0.25) is 0 Å². The molecule has 4 heteroatoms. The van der Waals surface area contributed by atoms with Gasteiger partial charge in [0.1, 0.15) is 0 Å². The Morgan fingerprint density at radius 3 is 0.750 bits per heavy atom. The number of ether oxygens (including phenoxy) is 4. The average molecular weight is 535 g/mol. The molecule has 0 bridgehead atoms. The van der Waals surface area contributed by atoms with Crippen molar-refractivity contribution in [3.8, 4) is 45.3 Å². The van der Waals surface area contributed by atoms with E-state index in [0.29, 0.717) is 23.0 Å². The maximum atomic E-state index is 5.85. The first kappa shape index (κ1) is 27.4. The Kier molecular flexibility index (Phi) is 7.14. The van der Waals surface area contributed by atoms with E-state index in [1.54, 1.807) is 28.4 Å². The van der Waals surface area contributed by atoms with E-state index in [2.05, 4.69) is 90.1 Å². The quantitative estimate of drug-likeness (QED) is 0.204. The normalized spacial score (nSPS) is 11.2. The first-order chi connectivity index (χ1) is 19.1. The summed E-state index contributed by atoms with van der Waals surface area (Å²) >= 11 is 0. The molecule has 0 heterocycles. The summed E-state index contributed by atoms with van der Waals surface area (Å²) in [6.07, 6.45) is 0. The number of rotatable bonds is 6. The van der Waals surface area contributed by atoms with E-state index >= 15 is 0 Å². The fourth-order valence-corrected chi connectivity index (χ4v) is 6.56. The molecular weight excluding hydrogens is 496 g/mol. The molecular formula is C36H38O4. The maximum absolute atomic E-state index is 5.85. The summed E-state index contributed by atoms with van der Waals surface area (Å²) < 4.78 is 23.4. The molecule has 0 amide bonds. The highest BCUT2D eigenvalue weighted by Crippen LogP contribution is 2.51. The van der Waals surface area contributed by atoms with Gasteiger partial charge in [-0.1, -0.05) is 35.4 Å². The highest BCUT2D eigenvalue weighted by Gasteiger charge is 2.24. The molecule has 0 radical (unpaired) electrons. The van der Waals surface area contributed by atoms with Crippen molar-refractivity contribution in [2.75, 3.05) is 28.4 Å². The Morgan fingerprint density at radius 1 is 0.325 bits per heavy atom. The summed E-state index contributed by atoms with van der Waals surface area (Å²) in [7, 11) is 6.76. The van der Waals surface area contributed by atoms with Crippen molar-refractivity contribution < 1.29 is 18.9 Å². The van der Waals surface area contributed by atoms with Gasteiger partial charge in [-0.05, 0) is 132 Å². The van der Waals surface area contributed by atoms with Gasteiger partial charge in [-0.15, -0.1) is 0 Å². The minimum absolute atomic E-state index is 0.696. The monoisotopic (exact) mass is 534 g/mol. The molecule has 0 saturated heterocycles. The molecule has 0 aliphatic rings. The summed E-state index contributed by atoms with van der Waals surface area (Å²) in [4.78, 5) is 0. The second-order valence-electron chi connectivity index (χ2n) is 10.8. The number of hydrogen-bond acceptors (Lipinski definition) is 4. The van der Waals surface area contributed by atoms with E-state index in [0.717, 1.165) is 32.7 Å². The van der Waals surface area contributed by atoms with Gasteiger partial charge in [-0.25, -0.2) is 0 Å². The third-order valence-corrected chi connectivity index (χ3v) is 7.98. The van der Waals surface area contributed by atoms with E-state index in [9.17, 15) is 0 Å². The molecule has 0 N–H and O–H groups in total. The van der Waals surface area contributed by atoms with Crippen molar-refractivity contribution >= 4 is 21.5 Å².